The van der Waals surface area contributed by atoms with E-state index in [1.165, 1.54) is 0 Å². The van der Waals surface area contributed by atoms with Crippen molar-refractivity contribution in [3.63, 3.8) is 0 Å². The van der Waals surface area contributed by atoms with Crippen LogP contribution in [-0.2, 0) is 17.0 Å². The lowest BCUT2D eigenvalue weighted by atomic mass is 10.2. The number of thiazole rings is 1. The molecule has 1 aliphatic heterocycles. The van der Waals surface area contributed by atoms with Crippen LogP contribution < -0.4 is 0 Å². The van der Waals surface area contributed by atoms with E-state index in [4.69, 9.17) is 21.3 Å². The summed E-state index contributed by atoms with van der Waals surface area (Å²) >= 11 is 11.0. The van der Waals surface area contributed by atoms with Crippen LogP contribution in [0.4, 0.5) is 0 Å². The fourth-order valence-electron chi connectivity index (χ4n) is 3.38. The lowest BCUT2D eigenvalue weighted by Crippen LogP contribution is -2.16. The molecule has 1 saturated heterocycles. The molecule has 5 nitrogen and oxygen atoms in total. The molecule has 5 rings (SSSR count). The maximum absolute atomic E-state index is 5.99. The van der Waals surface area contributed by atoms with Crippen LogP contribution in [0, 0.1) is 0 Å². The van der Waals surface area contributed by atoms with Crippen LogP contribution in [0.25, 0.3) is 21.3 Å². The Labute approximate surface area is 192 Å². The normalized spacial score (nSPS) is 16.4. The number of hydrogen-bond acceptors (Lipinski definition) is 7. The van der Waals surface area contributed by atoms with Gasteiger partial charge in [-0.15, -0.1) is 32.9 Å². The summed E-state index contributed by atoms with van der Waals surface area (Å²) in [6.07, 6.45) is 2.44. The Balaban J connectivity index is 1.34. The first kappa shape index (κ1) is 20.2. The van der Waals surface area contributed by atoms with Crippen molar-refractivity contribution < 1.29 is 4.74 Å². The van der Waals surface area contributed by atoms with E-state index in [-0.39, 0.29) is 6.10 Å². The summed E-state index contributed by atoms with van der Waals surface area (Å²) in [6.45, 7) is 1.63. The van der Waals surface area contributed by atoms with Crippen molar-refractivity contribution >= 4 is 46.0 Å². The Morgan fingerprint density at radius 3 is 2.83 bits per heavy atom. The summed E-state index contributed by atoms with van der Waals surface area (Å²) < 4.78 is 8.08. The molecule has 4 aromatic rings. The average Bonchev–Trinajstić information content (AvgIpc) is 3.55. The second-order valence-corrected chi connectivity index (χ2v) is 10.2. The zero-order valence-electron chi connectivity index (χ0n) is 16.0. The van der Waals surface area contributed by atoms with E-state index in [1.807, 2.05) is 30.3 Å². The molecule has 0 saturated carbocycles. The number of thioether (sulfide) groups is 1. The van der Waals surface area contributed by atoms with Gasteiger partial charge in [0, 0.05) is 28.3 Å². The predicted molar refractivity (Wildman–Crippen MR) is 124 cm³/mol. The molecule has 4 heterocycles. The molecule has 0 amide bonds. The average molecular weight is 475 g/mol. The lowest BCUT2D eigenvalue weighted by Gasteiger charge is -2.14. The van der Waals surface area contributed by atoms with Gasteiger partial charge in [-0.05, 0) is 36.4 Å². The Morgan fingerprint density at radius 2 is 2.07 bits per heavy atom. The predicted octanol–water partition coefficient (Wildman–Crippen LogP) is 6.25. The van der Waals surface area contributed by atoms with Gasteiger partial charge in [-0.1, -0.05) is 41.6 Å². The van der Waals surface area contributed by atoms with E-state index >= 15 is 0 Å². The highest BCUT2D eigenvalue weighted by Gasteiger charge is 2.22. The van der Waals surface area contributed by atoms with E-state index < -0.39 is 0 Å². The van der Waals surface area contributed by atoms with Crippen LogP contribution in [0.2, 0.25) is 5.02 Å². The number of aromatic nitrogens is 4. The van der Waals surface area contributed by atoms with Gasteiger partial charge in [-0.3, -0.25) is 4.57 Å². The standard InChI is InChI=1S/C21H19ClN4OS3/c22-15-7-5-14(6-8-15)20-23-16(12-29-20)13-30-21-25-24-19(18-4-2-10-28-18)26(21)11-17-3-1-9-27-17/h2,4-8,10,12,17H,1,3,9,11,13H2. The molecule has 1 unspecified atom stereocenters. The lowest BCUT2D eigenvalue weighted by molar-refractivity contribution is 0.0953. The topological polar surface area (TPSA) is 52.8 Å². The molecule has 0 N–H and O–H groups in total. The molecule has 1 fully saturated rings. The highest BCUT2D eigenvalue weighted by atomic mass is 35.5. The van der Waals surface area contributed by atoms with Crippen LogP contribution in [0.1, 0.15) is 18.5 Å². The van der Waals surface area contributed by atoms with Gasteiger partial charge < -0.3 is 4.74 Å². The van der Waals surface area contributed by atoms with Crippen molar-refractivity contribution in [1.29, 1.82) is 0 Å². The van der Waals surface area contributed by atoms with Crippen molar-refractivity contribution in [3.8, 4) is 21.3 Å². The minimum Gasteiger partial charge on any atom is -0.376 e. The molecule has 0 bridgehead atoms. The van der Waals surface area contributed by atoms with Gasteiger partial charge in [0.1, 0.15) is 5.01 Å². The highest BCUT2D eigenvalue weighted by molar-refractivity contribution is 7.98. The number of hydrogen-bond donors (Lipinski definition) is 0. The largest absolute Gasteiger partial charge is 0.376 e. The van der Waals surface area contributed by atoms with E-state index in [0.717, 1.165) is 68.9 Å². The molecule has 1 atom stereocenters. The Bertz CT molecular complexity index is 1100. The maximum atomic E-state index is 5.99. The van der Waals surface area contributed by atoms with Gasteiger partial charge in [-0.25, -0.2) is 4.98 Å². The molecule has 9 heteroatoms. The minimum atomic E-state index is 0.231. The SMILES string of the molecule is Clc1ccc(-c2nc(CSc3nnc(-c4cccs4)n3CC3CCCO3)cs2)cc1. The number of ether oxygens (including phenoxy) is 1. The smallest absolute Gasteiger partial charge is 0.191 e. The summed E-state index contributed by atoms with van der Waals surface area (Å²) in [5.74, 6) is 1.67. The molecular weight excluding hydrogens is 456 g/mol. The quantitative estimate of drug-likeness (QED) is 0.296. The number of benzene rings is 1. The zero-order chi connectivity index (χ0) is 20.3. The van der Waals surface area contributed by atoms with Gasteiger partial charge in [0.2, 0.25) is 0 Å². The summed E-state index contributed by atoms with van der Waals surface area (Å²) in [4.78, 5) is 5.92. The number of thiophene rings is 1. The monoisotopic (exact) mass is 474 g/mol. The summed E-state index contributed by atoms with van der Waals surface area (Å²) in [5.41, 5.74) is 2.13. The van der Waals surface area contributed by atoms with Crippen molar-refractivity contribution in [2.45, 2.75) is 36.4 Å². The van der Waals surface area contributed by atoms with E-state index in [2.05, 4.69) is 31.6 Å². The number of rotatable bonds is 7. The molecule has 0 radical (unpaired) electrons. The fourth-order valence-corrected chi connectivity index (χ4v) is 5.99. The van der Waals surface area contributed by atoms with E-state index in [0.29, 0.717) is 0 Å². The van der Waals surface area contributed by atoms with Crippen LogP contribution in [0.3, 0.4) is 0 Å². The maximum Gasteiger partial charge on any atom is 0.191 e. The van der Waals surface area contributed by atoms with Crippen molar-refractivity contribution in [1.82, 2.24) is 19.7 Å². The summed E-state index contributed by atoms with van der Waals surface area (Å²) in [7, 11) is 0. The van der Waals surface area contributed by atoms with Crippen molar-refractivity contribution in [3.05, 3.63) is 57.9 Å². The molecule has 0 spiro atoms. The Kier molecular flexibility index (Phi) is 6.19. The highest BCUT2D eigenvalue weighted by Crippen LogP contribution is 2.32. The molecule has 1 aliphatic rings. The van der Waals surface area contributed by atoms with Gasteiger partial charge in [0.25, 0.3) is 0 Å². The molecule has 3 aromatic heterocycles. The van der Waals surface area contributed by atoms with Gasteiger partial charge >= 0.3 is 0 Å². The van der Waals surface area contributed by atoms with Crippen molar-refractivity contribution in [2.24, 2.45) is 0 Å². The van der Waals surface area contributed by atoms with Gasteiger partial charge in [-0.2, -0.15) is 0 Å². The molecule has 154 valence electrons. The third kappa shape index (κ3) is 4.48. The fraction of sp³-hybridized carbons (Fsp3) is 0.286. The van der Waals surface area contributed by atoms with E-state index in [1.54, 1.807) is 34.4 Å². The summed E-state index contributed by atoms with van der Waals surface area (Å²) in [6, 6.07) is 11.9. The first-order chi connectivity index (χ1) is 14.8. The van der Waals surface area contributed by atoms with Crippen LogP contribution >= 0.6 is 46.0 Å². The summed E-state index contributed by atoms with van der Waals surface area (Å²) in [5, 5.41) is 15.8. The number of nitrogens with zero attached hydrogens (tertiary/aromatic N) is 4. The van der Waals surface area contributed by atoms with E-state index in [9.17, 15) is 0 Å². The Morgan fingerprint density at radius 1 is 1.17 bits per heavy atom. The third-order valence-electron chi connectivity index (χ3n) is 4.86. The minimum absolute atomic E-state index is 0.231. The zero-order valence-corrected chi connectivity index (χ0v) is 19.2. The Hall–Kier alpha value is -1.71. The molecule has 0 aliphatic carbocycles. The molecular formula is C21H19ClN4OS3. The first-order valence-electron chi connectivity index (χ1n) is 9.68. The van der Waals surface area contributed by atoms with Crippen LogP contribution in [-0.4, -0.2) is 32.5 Å². The second-order valence-electron chi connectivity index (χ2n) is 6.97. The van der Waals surface area contributed by atoms with Crippen LogP contribution in [0.15, 0.2) is 52.3 Å². The first-order valence-corrected chi connectivity index (χ1v) is 12.8. The van der Waals surface area contributed by atoms with Gasteiger partial charge in [0.05, 0.1) is 23.2 Å². The number of halogens is 1. The molecule has 1 aromatic carbocycles. The second kappa shape index (κ2) is 9.20. The molecule has 30 heavy (non-hydrogen) atoms. The van der Waals surface area contributed by atoms with Crippen LogP contribution in [0.5, 0.6) is 0 Å². The third-order valence-corrected chi connectivity index (χ3v) is 7.92. The van der Waals surface area contributed by atoms with Gasteiger partial charge in [0.15, 0.2) is 11.0 Å². The van der Waals surface area contributed by atoms with Crippen molar-refractivity contribution in [2.75, 3.05) is 6.61 Å².